The molecule has 0 fully saturated rings. The lowest BCUT2D eigenvalue weighted by molar-refractivity contribution is -0.116. The van der Waals surface area contributed by atoms with Crippen LogP contribution in [-0.4, -0.2) is 44.0 Å². The zero-order chi connectivity index (χ0) is 21.6. The Balaban J connectivity index is 2.18. The third-order valence-electron chi connectivity index (χ3n) is 4.20. The van der Waals surface area contributed by atoms with Gasteiger partial charge in [-0.15, -0.1) is 0 Å². The van der Waals surface area contributed by atoms with Gasteiger partial charge in [-0.3, -0.25) is 4.79 Å². The van der Waals surface area contributed by atoms with E-state index in [2.05, 4.69) is 5.32 Å². The third-order valence-corrected chi connectivity index (χ3v) is 5.39. The Morgan fingerprint density at radius 2 is 1.83 bits per heavy atom. The maximum absolute atomic E-state index is 13.9. The van der Waals surface area contributed by atoms with Gasteiger partial charge in [0, 0.05) is 17.8 Å². The number of amides is 1. The number of hydrogen-bond acceptors (Lipinski definition) is 5. The van der Waals surface area contributed by atoms with Crippen molar-refractivity contribution < 1.29 is 27.1 Å². The number of halogens is 1. The molecule has 0 unspecified atom stereocenters. The van der Waals surface area contributed by atoms with Gasteiger partial charge in [0.15, 0.2) is 0 Å². The second kappa shape index (κ2) is 9.62. The topological polar surface area (TPSA) is 92.8 Å². The van der Waals surface area contributed by atoms with E-state index in [1.807, 2.05) is 0 Å². The minimum absolute atomic E-state index is 0.159. The molecule has 1 N–H and O–H groups in total. The number of carbonyl (C=O) groups excluding carboxylic acids is 2. The Kier molecular flexibility index (Phi) is 7.46. The highest BCUT2D eigenvalue weighted by atomic mass is 32.2. The third kappa shape index (κ3) is 6.10. The Morgan fingerprint density at radius 1 is 1.14 bits per heavy atom. The number of nitrogens with zero attached hydrogens (tertiary/aromatic N) is 1. The summed E-state index contributed by atoms with van der Waals surface area (Å²) < 4.78 is 43.9. The number of nitrogens with one attached hydrogen (secondary N) is 1. The van der Waals surface area contributed by atoms with Gasteiger partial charge in [-0.25, -0.2) is 17.6 Å². The number of anilines is 1. The molecule has 0 aliphatic rings. The van der Waals surface area contributed by atoms with Gasteiger partial charge in [0.2, 0.25) is 15.9 Å². The van der Waals surface area contributed by atoms with Crippen molar-refractivity contribution in [3.63, 3.8) is 0 Å². The summed E-state index contributed by atoms with van der Waals surface area (Å²) in [5, 5.41) is 2.60. The summed E-state index contributed by atoms with van der Waals surface area (Å²) in [6, 6.07) is 10.5. The summed E-state index contributed by atoms with van der Waals surface area (Å²) in [5.41, 5.74) is 1.32. The Labute approximate surface area is 169 Å². The molecule has 0 radical (unpaired) electrons. The molecule has 0 aromatic heterocycles. The molecule has 7 nitrogen and oxygen atoms in total. The predicted octanol–water partition coefficient (Wildman–Crippen LogP) is 2.71. The molecule has 0 saturated heterocycles. The van der Waals surface area contributed by atoms with E-state index in [0.29, 0.717) is 16.8 Å². The molecule has 2 aromatic rings. The van der Waals surface area contributed by atoms with Crippen LogP contribution in [0.3, 0.4) is 0 Å². The van der Waals surface area contributed by atoms with Crippen LogP contribution in [0.25, 0.3) is 0 Å². The molecule has 1 amide bonds. The van der Waals surface area contributed by atoms with E-state index in [-0.39, 0.29) is 18.7 Å². The van der Waals surface area contributed by atoms with E-state index in [1.165, 1.54) is 18.2 Å². The van der Waals surface area contributed by atoms with Crippen LogP contribution in [0.5, 0.6) is 0 Å². The molecule has 0 aliphatic heterocycles. The van der Waals surface area contributed by atoms with E-state index in [0.717, 1.165) is 10.6 Å². The number of benzene rings is 2. The highest BCUT2D eigenvalue weighted by Crippen LogP contribution is 2.20. The highest BCUT2D eigenvalue weighted by molar-refractivity contribution is 7.88. The van der Waals surface area contributed by atoms with Crippen molar-refractivity contribution in [1.29, 1.82) is 0 Å². The van der Waals surface area contributed by atoms with Crippen LogP contribution < -0.4 is 5.32 Å². The van der Waals surface area contributed by atoms with Crippen LogP contribution in [0.2, 0.25) is 0 Å². The Bertz CT molecular complexity index is 1010. The average molecular weight is 422 g/mol. The lowest BCUT2D eigenvalue weighted by Gasteiger charge is -2.20. The van der Waals surface area contributed by atoms with Crippen molar-refractivity contribution in [1.82, 2.24) is 4.31 Å². The second-order valence-corrected chi connectivity index (χ2v) is 8.35. The van der Waals surface area contributed by atoms with Crippen molar-refractivity contribution in [2.45, 2.75) is 20.4 Å². The SMILES string of the molecule is CCOC(=O)c1cccc(NC(=O)CN(Cc2ccccc2F)S(C)(=O)=O)c1C. The molecule has 9 heteroatoms. The zero-order valence-corrected chi connectivity index (χ0v) is 17.3. The van der Waals surface area contributed by atoms with Crippen molar-refractivity contribution in [2.24, 2.45) is 0 Å². The largest absolute Gasteiger partial charge is 0.462 e. The summed E-state index contributed by atoms with van der Waals surface area (Å²) in [7, 11) is -3.77. The van der Waals surface area contributed by atoms with E-state index in [4.69, 9.17) is 4.74 Å². The predicted molar refractivity (Wildman–Crippen MR) is 107 cm³/mol. The fourth-order valence-corrected chi connectivity index (χ4v) is 3.38. The molecule has 0 spiro atoms. The Morgan fingerprint density at radius 3 is 2.45 bits per heavy atom. The molecule has 156 valence electrons. The van der Waals surface area contributed by atoms with Crippen molar-refractivity contribution >= 4 is 27.6 Å². The maximum Gasteiger partial charge on any atom is 0.338 e. The van der Waals surface area contributed by atoms with Gasteiger partial charge in [-0.2, -0.15) is 4.31 Å². The molecule has 0 atom stereocenters. The fraction of sp³-hybridized carbons (Fsp3) is 0.300. The molecule has 0 saturated carbocycles. The van der Waals surface area contributed by atoms with Gasteiger partial charge >= 0.3 is 5.97 Å². The van der Waals surface area contributed by atoms with Crippen molar-refractivity contribution in [2.75, 3.05) is 24.7 Å². The molecule has 2 aromatic carbocycles. The molecule has 29 heavy (non-hydrogen) atoms. The van der Waals surface area contributed by atoms with Gasteiger partial charge < -0.3 is 10.1 Å². The van der Waals surface area contributed by atoms with E-state index in [9.17, 15) is 22.4 Å². The van der Waals surface area contributed by atoms with E-state index >= 15 is 0 Å². The first-order valence-corrected chi connectivity index (χ1v) is 10.7. The average Bonchev–Trinajstić information content (AvgIpc) is 2.64. The zero-order valence-electron chi connectivity index (χ0n) is 16.4. The van der Waals surface area contributed by atoms with Gasteiger partial charge in [0.25, 0.3) is 0 Å². The van der Waals surface area contributed by atoms with E-state index in [1.54, 1.807) is 38.1 Å². The Hall–Kier alpha value is -2.78. The van der Waals surface area contributed by atoms with Crippen LogP contribution in [0.15, 0.2) is 42.5 Å². The molecular weight excluding hydrogens is 399 g/mol. The summed E-state index contributed by atoms with van der Waals surface area (Å²) in [5.74, 6) is -1.69. The highest BCUT2D eigenvalue weighted by Gasteiger charge is 2.22. The smallest absolute Gasteiger partial charge is 0.338 e. The van der Waals surface area contributed by atoms with E-state index < -0.39 is 34.3 Å². The minimum atomic E-state index is -3.77. The molecule has 0 bridgehead atoms. The maximum atomic E-state index is 13.9. The summed E-state index contributed by atoms with van der Waals surface area (Å²) in [6.45, 7) is 2.77. The summed E-state index contributed by atoms with van der Waals surface area (Å²) in [6.07, 6.45) is 0.952. The number of hydrogen-bond donors (Lipinski definition) is 1. The lowest BCUT2D eigenvalue weighted by atomic mass is 10.1. The van der Waals surface area contributed by atoms with Gasteiger partial charge in [-0.05, 0) is 37.6 Å². The first kappa shape index (κ1) is 22.5. The normalized spacial score (nSPS) is 11.3. The standard InChI is InChI=1S/C20H23FN2O5S/c1-4-28-20(25)16-9-7-11-18(14(16)2)22-19(24)13-23(29(3,26)27)12-15-8-5-6-10-17(15)21/h5-11H,4,12-13H2,1-3H3,(H,22,24). The summed E-state index contributed by atoms with van der Waals surface area (Å²) in [4.78, 5) is 24.5. The second-order valence-electron chi connectivity index (χ2n) is 6.37. The molecule has 0 aliphatic carbocycles. The van der Waals surface area contributed by atoms with Crippen molar-refractivity contribution in [3.8, 4) is 0 Å². The van der Waals surface area contributed by atoms with Crippen LogP contribution in [0.1, 0.15) is 28.4 Å². The van der Waals surface area contributed by atoms with Crippen LogP contribution >= 0.6 is 0 Å². The van der Waals surface area contributed by atoms with Crippen LogP contribution in [-0.2, 0) is 26.1 Å². The fourth-order valence-electron chi connectivity index (χ4n) is 2.66. The molecule has 0 heterocycles. The first-order valence-electron chi connectivity index (χ1n) is 8.88. The van der Waals surface area contributed by atoms with Gasteiger partial charge in [0.1, 0.15) is 5.82 Å². The molecule has 2 rings (SSSR count). The minimum Gasteiger partial charge on any atom is -0.462 e. The molecular formula is C20H23FN2O5S. The first-order chi connectivity index (χ1) is 13.6. The number of carbonyl (C=O) groups is 2. The lowest BCUT2D eigenvalue weighted by Crippen LogP contribution is -2.37. The van der Waals surface area contributed by atoms with Crippen molar-refractivity contribution in [3.05, 3.63) is 65.0 Å². The quantitative estimate of drug-likeness (QED) is 0.661. The van der Waals surface area contributed by atoms with Gasteiger partial charge in [0.05, 0.1) is 25.0 Å². The number of esters is 1. The number of rotatable bonds is 8. The van der Waals surface area contributed by atoms with Crippen LogP contribution in [0.4, 0.5) is 10.1 Å². The summed E-state index contributed by atoms with van der Waals surface area (Å²) >= 11 is 0. The van der Waals surface area contributed by atoms with Gasteiger partial charge in [-0.1, -0.05) is 24.3 Å². The number of sulfonamides is 1. The van der Waals surface area contributed by atoms with Crippen LogP contribution in [0, 0.1) is 12.7 Å². The number of ether oxygens (including phenoxy) is 1. The monoisotopic (exact) mass is 422 g/mol.